The van der Waals surface area contributed by atoms with E-state index in [-0.39, 0.29) is 5.78 Å². The summed E-state index contributed by atoms with van der Waals surface area (Å²) in [5.41, 5.74) is 3.01. The summed E-state index contributed by atoms with van der Waals surface area (Å²) in [4.78, 5) is 11.3. The first kappa shape index (κ1) is 10.0. The normalized spacial score (nSPS) is 30.0. The number of hydrogen-bond donors (Lipinski definition) is 1. The second-order valence-electron chi connectivity index (χ2n) is 4.74. The van der Waals surface area contributed by atoms with Crippen LogP contribution in [0.5, 0.6) is 0 Å². The number of fused-ring (bicyclic) bond motifs is 3. The smallest absolute Gasteiger partial charge is 0.180 e. The summed E-state index contributed by atoms with van der Waals surface area (Å²) in [6.07, 6.45) is 1.00. The molecule has 1 saturated carbocycles. The lowest BCUT2D eigenvalue weighted by molar-refractivity contribution is 0.101. The molecule has 0 aliphatic heterocycles. The number of carbonyl (C=O) groups excluding carboxylic acids is 1. The Morgan fingerprint density at radius 1 is 1.62 bits per heavy atom. The number of ether oxygens (including phenoxy) is 1. The van der Waals surface area contributed by atoms with E-state index in [1.165, 1.54) is 5.69 Å². The van der Waals surface area contributed by atoms with E-state index in [1.54, 1.807) is 6.92 Å². The lowest BCUT2D eigenvalue weighted by atomic mass is 10.1. The first-order valence-electron chi connectivity index (χ1n) is 5.89. The molecule has 2 aliphatic rings. The molecule has 3 atom stereocenters. The Labute approximate surface area is 94.4 Å². The van der Waals surface area contributed by atoms with E-state index >= 15 is 0 Å². The van der Waals surface area contributed by atoms with E-state index in [2.05, 4.69) is 10.2 Å². The maximum Gasteiger partial charge on any atom is 0.180 e. The largest absolute Gasteiger partial charge is 0.381 e. The Bertz CT molecular complexity index is 438. The average molecular weight is 220 g/mol. The van der Waals surface area contributed by atoms with Crippen molar-refractivity contribution in [2.75, 3.05) is 13.2 Å². The minimum Gasteiger partial charge on any atom is -0.381 e. The summed E-state index contributed by atoms with van der Waals surface area (Å²) in [6, 6.07) is 0. The molecule has 86 valence electrons. The van der Waals surface area contributed by atoms with Crippen molar-refractivity contribution in [1.82, 2.24) is 10.2 Å². The maximum atomic E-state index is 11.3. The molecule has 1 heterocycles. The number of hydrogen-bond acceptors (Lipinski definition) is 3. The van der Waals surface area contributed by atoms with Gasteiger partial charge in [-0.1, -0.05) is 0 Å². The first-order valence-corrected chi connectivity index (χ1v) is 5.89. The first-order chi connectivity index (χ1) is 7.74. The minimum atomic E-state index is 0.0696. The fraction of sp³-hybridized carbons (Fsp3) is 0.667. The molecule has 2 aliphatic carbocycles. The van der Waals surface area contributed by atoms with Crippen LogP contribution >= 0.6 is 0 Å². The highest BCUT2D eigenvalue weighted by Crippen LogP contribution is 2.61. The number of H-pyrrole nitrogens is 1. The van der Waals surface area contributed by atoms with Gasteiger partial charge in [0.2, 0.25) is 0 Å². The highest BCUT2D eigenvalue weighted by Gasteiger charge is 2.57. The van der Waals surface area contributed by atoms with Crippen LogP contribution in [-0.2, 0) is 11.2 Å². The van der Waals surface area contributed by atoms with Crippen LogP contribution < -0.4 is 0 Å². The quantitative estimate of drug-likeness (QED) is 0.783. The van der Waals surface area contributed by atoms with Crippen LogP contribution in [0.2, 0.25) is 0 Å². The molecule has 3 rings (SSSR count). The van der Waals surface area contributed by atoms with Gasteiger partial charge < -0.3 is 4.74 Å². The summed E-state index contributed by atoms with van der Waals surface area (Å²) in [6.45, 7) is 5.23. The molecule has 0 spiro atoms. The van der Waals surface area contributed by atoms with Gasteiger partial charge in [0, 0.05) is 30.7 Å². The van der Waals surface area contributed by atoms with Gasteiger partial charge >= 0.3 is 0 Å². The van der Waals surface area contributed by atoms with Crippen molar-refractivity contribution in [3.63, 3.8) is 0 Å². The Morgan fingerprint density at radius 2 is 2.44 bits per heavy atom. The zero-order valence-corrected chi connectivity index (χ0v) is 9.62. The van der Waals surface area contributed by atoms with E-state index < -0.39 is 0 Å². The van der Waals surface area contributed by atoms with Crippen molar-refractivity contribution in [2.45, 2.75) is 26.2 Å². The molecule has 0 radical (unpaired) electrons. The van der Waals surface area contributed by atoms with Crippen LogP contribution in [0.3, 0.4) is 0 Å². The Hall–Kier alpha value is -1.16. The van der Waals surface area contributed by atoms with Crippen molar-refractivity contribution in [2.24, 2.45) is 11.8 Å². The second kappa shape index (κ2) is 3.42. The van der Waals surface area contributed by atoms with Gasteiger partial charge in [-0.25, -0.2) is 0 Å². The van der Waals surface area contributed by atoms with Gasteiger partial charge in [0.15, 0.2) is 5.78 Å². The average Bonchev–Trinajstić information content (AvgIpc) is 2.60. The van der Waals surface area contributed by atoms with Crippen LogP contribution in [0.15, 0.2) is 0 Å². The lowest BCUT2D eigenvalue weighted by Crippen LogP contribution is -2.04. The Balaban J connectivity index is 1.78. The van der Waals surface area contributed by atoms with Crippen molar-refractivity contribution in [3.8, 4) is 0 Å². The van der Waals surface area contributed by atoms with Crippen LogP contribution in [0, 0.1) is 11.8 Å². The molecule has 4 nitrogen and oxygen atoms in total. The molecule has 1 fully saturated rings. The fourth-order valence-electron chi connectivity index (χ4n) is 3.02. The molecular formula is C12H16N2O2. The molecule has 0 bridgehead atoms. The number of rotatable bonds is 4. The molecular weight excluding hydrogens is 204 g/mol. The molecule has 0 amide bonds. The molecule has 0 saturated heterocycles. The van der Waals surface area contributed by atoms with E-state index in [4.69, 9.17) is 4.74 Å². The van der Waals surface area contributed by atoms with Gasteiger partial charge in [-0.05, 0) is 25.2 Å². The fourth-order valence-corrected chi connectivity index (χ4v) is 3.02. The Kier molecular flexibility index (Phi) is 2.14. The van der Waals surface area contributed by atoms with Crippen LogP contribution in [0.4, 0.5) is 0 Å². The summed E-state index contributed by atoms with van der Waals surface area (Å²) in [5.74, 6) is 1.98. The van der Waals surface area contributed by atoms with E-state index in [9.17, 15) is 4.79 Å². The number of nitrogens with zero attached hydrogens (tertiary/aromatic N) is 1. The summed E-state index contributed by atoms with van der Waals surface area (Å²) < 4.78 is 5.46. The predicted octanol–water partition coefficient (Wildman–Crippen LogP) is 1.53. The third-order valence-electron chi connectivity index (χ3n) is 3.85. The molecule has 1 aromatic rings. The zero-order chi connectivity index (χ0) is 11.3. The van der Waals surface area contributed by atoms with Crippen LogP contribution in [0.25, 0.3) is 0 Å². The van der Waals surface area contributed by atoms with Gasteiger partial charge in [0.05, 0.1) is 6.61 Å². The molecule has 1 N–H and O–H groups in total. The third kappa shape index (κ3) is 1.26. The van der Waals surface area contributed by atoms with Gasteiger partial charge in [-0.15, -0.1) is 0 Å². The highest BCUT2D eigenvalue weighted by atomic mass is 16.5. The summed E-state index contributed by atoms with van der Waals surface area (Å²) in [7, 11) is 0. The van der Waals surface area contributed by atoms with Crippen molar-refractivity contribution in [1.29, 1.82) is 0 Å². The van der Waals surface area contributed by atoms with Crippen LogP contribution in [0.1, 0.15) is 41.5 Å². The van der Waals surface area contributed by atoms with Crippen molar-refractivity contribution in [3.05, 3.63) is 17.0 Å². The standard InChI is InChI=1S/C12H16N2O2/c1-3-16-5-9-7-4-8-11(6(2)15)13-14-12(8)10(7)9/h7,9-10H,3-5H2,1-2H3,(H,13,14). The SMILES string of the molecule is CCOCC1C2Cc3c(C(C)=O)n[nH]c3C12. The van der Waals surface area contributed by atoms with E-state index in [0.29, 0.717) is 23.4 Å². The topological polar surface area (TPSA) is 55.0 Å². The number of Topliss-reactive ketones (excluding diaryl/α,β-unsaturated/α-hetero) is 1. The second-order valence-corrected chi connectivity index (χ2v) is 4.74. The van der Waals surface area contributed by atoms with Crippen molar-refractivity contribution >= 4 is 5.78 Å². The zero-order valence-electron chi connectivity index (χ0n) is 9.62. The predicted molar refractivity (Wildman–Crippen MR) is 58.5 cm³/mol. The number of ketones is 1. The number of aromatic amines is 1. The van der Waals surface area contributed by atoms with Crippen molar-refractivity contribution < 1.29 is 9.53 Å². The maximum absolute atomic E-state index is 11.3. The number of aromatic nitrogens is 2. The van der Waals surface area contributed by atoms with E-state index in [1.807, 2.05) is 6.92 Å². The van der Waals surface area contributed by atoms with Gasteiger partial charge in [-0.2, -0.15) is 5.10 Å². The highest BCUT2D eigenvalue weighted by molar-refractivity contribution is 5.94. The number of carbonyl (C=O) groups is 1. The summed E-state index contributed by atoms with van der Waals surface area (Å²) in [5, 5.41) is 7.15. The molecule has 1 aromatic heterocycles. The van der Waals surface area contributed by atoms with E-state index in [0.717, 1.165) is 25.2 Å². The van der Waals surface area contributed by atoms with Gasteiger partial charge in [0.1, 0.15) is 5.69 Å². The Morgan fingerprint density at radius 3 is 3.12 bits per heavy atom. The molecule has 3 unspecified atom stereocenters. The van der Waals surface area contributed by atoms with Gasteiger partial charge in [0.25, 0.3) is 0 Å². The molecule has 4 heteroatoms. The monoisotopic (exact) mass is 220 g/mol. The number of nitrogens with one attached hydrogen (secondary N) is 1. The lowest BCUT2D eigenvalue weighted by Gasteiger charge is -2.03. The van der Waals surface area contributed by atoms with Crippen LogP contribution in [-0.4, -0.2) is 29.2 Å². The minimum absolute atomic E-state index is 0.0696. The third-order valence-corrected chi connectivity index (χ3v) is 3.85. The molecule has 16 heavy (non-hydrogen) atoms. The molecule has 0 aromatic carbocycles. The van der Waals surface area contributed by atoms with Gasteiger partial charge in [-0.3, -0.25) is 9.89 Å². The summed E-state index contributed by atoms with van der Waals surface area (Å²) >= 11 is 0.